The first-order valence-corrected chi connectivity index (χ1v) is 10.6. The highest BCUT2D eigenvalue weighted by Crippen LogP contribution is 2.44. The number of hydrogen-bond donors (Lipinski definition) is 1. The molecule has 0 saturated heterocycles. The molecule has 0 aromatic heterocycles. The molecule has 168 valence electrons. The van der Waals surface area contributed by atoms with Gasteiger partial charge in [0.25, 0.3) is 0 Å². The number of amides is 1. The van der Waals surface area contributed by atoms with Crippen LogP contribution in [0.5, 0.6) is 5.75 Å². The number of nitrogens with one attached hydrogen (secondary N) is 1. The predicted molar refractivity (Wildman–Crippen MR) is 127 cm³/mol. The first kappa shape index (κ1) is 22.4. The maximum absolute atomic E-state index is 12.2. The molecule has 0 unspecified atom stereocenters. The summed E-state index contributed by atoms with van der Waals surface area (Å²) in [5.74, 6) is 0.0660. The molecule has 0 saturated carbocycles. The highest BCUT2D eigenvalue weighted by Gasteiger charge is 2.28. The highest BCUT2D eigenvalue weighted by atomic mass is 35.5. The topological polar surface area (TPSA) is 90.7 Å². The van der Waals surface area contributed by atoms with Gasteiger partial charge >= 0.3 is 11.8 Å². The van der Waals surface area contributed by atoms with E-state index in [0.29, 0.717) is 10.6 Å². The van der Waals surface area contributed by atoms with Crippen LogP contribution in [0, 0.1) is 10.1 Å². The molecular formula is C25H21ClN2O5. The van der Waals surface area contributed by atoms with E-state index in [4.69, 9.17) is 21.1 Å². The summed E-state index contributed by atoms with van der Waals surface area (Å²) in [6, 6.07) is 19.0. The van der Waals surface area contributed by atoms with Crippen molar-refractivity contribution in [2.24, 2.45) is 0 Å². The van der Waals surface area contributed by atoms with E-state index in [9.17, 15) is 14.9 Å². The summed E-state index contributed by atoms with van der Waals surface area (Å²) in [5.41, 5.74) is 4.86. The third-order valence-corrected chi connectivity index (χ3v) is 5.83. The van der Waals surface area contributed by atoms with Gasteiger partial charge in [0.15, 0.2) is 5.75 Å². The summed E-state index contributed by atoms with van der Waals surface area (Å²) in [4.78, 5) is 22.9. The summed E-state index contributed by atoms with van der Waals surface area (Å²) >= 11 is 6.17. The number of ether oxygens (including phenoxy) is 2. The van der Waals surface area contributed by atoms with Gasteiger partial charge in [-0.2, -0.15) is 0 Å². The quantitative estimate of drug-likeness (QED) is 0.352. The zero-order chi connectivity index (χ0) is 23.4. The third kappa shape index (κ3) is 4.68. The number of nitro benzene ring substituents is 1. The maximum atomic E-state index is 12.2. The average Bonchev–Trinajstić information content (AvgIpc) is 3.14. The SMILES string of the molecule is COc1cc(Cl)c(C=CCNC(=O)OCC2c3ccccc3-c3ccccc32)cc1[N+](=O)[O-]. The Labute approximate surface area is 195 Å². The van der Waals surface area contributed by atoms with E-state index in [1.54, 1.807) is 12.2 Å². The van der Waals surface area contributed by atoms with Crippen molar-refractivity contribution in [1.82, 2.24) is 5.32 Å². The van der Waals surface area contributed by atoms with Crippen molar-refractivity contribution in [2.75, 3.05) is 20.3 Å². The molecule has 0 fully saturated rings. The number of benzene rings is 3. The molecule has 1 N–H and O–H groups in total. The molecule has 1 aliphatic carbocycles. The van der Waals surface area contributed by atoms with Crippen LogP contribution in [0.3, 0.4) is 0 Å². The van der Waals surface area contributed by atoms with Crippen molar-refractivity contribution in [2.45, 2.75) is 5.92 Å². The molecule has 33 heavy (non-hydrogen) atoms. The van der Waals surface area contributed by atoms with Crippen LogP contribution in [0.25, 0.3) is 17.2 Å². The van der Waals surface area contributed by atoms with Crippen LogP contribution in [-0.2, 0) is 4.74 Å². The maximum Gasteiger partial charge on any atom is 0.407 e. The van der Waals surface area contributed by atoms with Gasteiger partial charge in [-0.15, -0.1) is 0 Å². The van der Waals surface area contributed by atoms with Crippen molar-refractivity contribution in [3.8, 4) is 16.9 Å². The minimum atomic E-state index is -0.548. The number of carbonyl (C=O) groups is 1. The fourth-order valence-corrected chi connectivity index (χ4v) is 4.19. The number of carbonyl (C=O) groups excluding carboxylic acids is 1. The van der Waals surface area contributed by atoms with Gasteiger partial charge in [0.05, 0.1) is 17.1 Å². The number of methoxy groups -OCH3 is 1. The van der Waals surface area contributed by atoms with Gasteiger partial charge in [-0.05, 0) is 27.8 Å². The van der Waals surface area contributed by atoms with Crippen molar-refractivity contribution in [1.29, 1.82) is 0 Å². The second kappa shape index (κ2) is 9.75. The second-order valence-corrected chi connectivity index (χ2v) is 7.82. The number of fused-ring (bicyclic) bond motifs is 3. The summed E-state index contributed by atoms with van der Waals surface area (Å²) in [6.45, 7) is 0.396. The molecule has 0 aliphatic heterocycles. The van der Waals surface area contributed by atoms with Crippen molar-refractivity contribution in [3.05, 3.63) is 98.6 Å². The molecule has 0 heterocycles. The zero-order valence-electron chi connectivity index (χ0n) is 17.8. The van der Waals surface area contributed by atoms with Crippen LogP contribution in [0.2, 0.25) is 5.02 Å². The van der Waals surface area contributed by atoms with Gasteiger partial charge in [-0.3, -0.25) is 10.1 Å². The van der Waals surface area contributed by atoms with E-state index in [1.165, 1.54) is 19.2 Å². The predicted octanol–water partition coefficient (Wildman–Crippen LogP) is 5.81. The molecule has 3 aromatic rings. The smallest absolute Gasteiger partial charge is 0.407 e. The molecule has 0 bridgehead atoms. The van der Waals surface area contributed by atoms with Crippen LogP contribution >= 0.6 is 11.6 Å². The first-order valence-electron chi connectivity index (χ1n) is 10.3. The minimum Gasteiger partial charge on any atom is -0.490 e. The number of halogens is 1. The van der Waals surface area contributed by atoms with Gasteiger partial charge < -0.3 is 14.8 Å². The van der Waals surface area contributed by atoms with Gasteiger partial charge in [-0.25, -0.2) is 4.79 Å². The normalized spacial score (nSPS) is 12.3. The van der Waals surface area contributed by atoms with Crippen LogP contribution in [0.15, 0.2) is 66.7 Å². The summed E-state index contributed by atoms with van der Waals surface area (Å²) in [6.07, 6.45) is 2.69. The zero-order valence-corrected chi connectivity index (χ0v) is 18.5. The molecule has 0 spiro atoms. The van der Waals surface area contributed by atoms with Crippen LogP contribution in [0.1, 0.15) is 22.6 Å². The van der Waals surface area contributed by atoms with E-state index in [1.807, 2.05) is 24.3 Å². The van der Waals surface area contributed by atoms with Crippen molar-refractivity contribution >= 4 is 29.5 Å². The van der Waals surface area contributed by atoms with E-state index < -0.39 is 11.0 Å². The lowest BCUT2D eigenvalue weighted by Crippen LogP contribution is -2.26. The molecule has 1 aliphatic rings. The lowest BCUT2D eigenvalue weighted by atomic mass is 9.98. The molecular weight excluding hydrogens is 444 g/mol. The Bertz CT molecular complexity index is 1200. The molecule has 7 nitrogen and oxygen atoms in total. The molecule has 8 heteroatoms. The van der Waals surface area contributed by atoms with Gasteiger partial charge in [-0.1, -0.05) is 72.3 Å². The van der Waals surface area contributed by atoms with Gasteiger partial charge in [0, 0.05) is 24.6 Å². The Morgan fingerprint density at radius 2 is 1.76 bits per heavy atom. The Morgan fingerprint density at radius 1 is 1.12 bits per heavy atom. The lowest BCUT2D eigenvalue weighted by Gasteiger charge is -2.14. The number of alkyl carbamates (subject to hydrolysis) is 1. The van der Waals surface area contributed by atoms with Crippen LogP contribution < -0.4 is 10.1 Å². The van der Waals surface area contributed by atoms with E-state index >= 15 is 0 Å². The number of nitrogens with zero attached hydrogens (tertiary/aromatic N) is 1. The van der Waals surface area contributed by atoms with Crippen molar-refractivity contribution < 1.29 is 19.2 Å². The largest absolute Gasteiger partial charge is 0.490 e. The van der Waals surface area contributed by atoms with Crippen molar-refractivity contribution in [3.63, 3.8) is 0 Å². The van der Waals surface area contributed by atoms with Gasteiger partial charge in [0.2, 0.25) is 0 Å². The minimum absolute atomic E-state index is 0.0163. The standard InChI is InChI=1S/C25H21ClN2O5/c1-32-24-14-22(26)16(13-23(24)28(30)31)7-6-12-27-25(29)33-15-21-19-10-4-2-8-17(19)18-9-3-5-11-20(18)21/h2-11,13-14,21H,12,15H2,1H3,(H,27,29). The third-order valence-electron chi connectivity index (χ3n) is 5.50. The van der Waals surface area contributed by atoms with E-state index in [2.05, 4.69) is 29.6 Å². The Hall–Kier alpha value is -3.84. The fourth-order valence-electron chi connectivity index (χ4n) is 3.97. The summed E-state index contributed by atoms with van der Waals surface area (Å²) in [5, 5.41) is 14.1. The second-order valence-electron chi connectivity index (χ2n) is 7.41. The van der Waals surface area contributed by atoms with E-state index in [0.717, 1.165) is 22.3 Å². The molecule has 1 amide bonds. The Balaban J connectivity index is 1.35. The number of rotatable bonds is 7. The first-order chi connectivity index (χ1) is 16.0. The number of nitro groups is 1. The summed E-state index contributed by atoms with van der Waals surface area (Å²) in [7, 11) is 1.34. The molecule has 4 rings (SSSR count). The Kier molecular flexibility index (Phi) is 6.60. The summed E-state index contributed by atoms with van der Waals surface area (Å²) < 4.78 is 10.5. The monoisotopic (exact) mass is 464 g/mol. The molecule has 3 aromatic carbocycles. The highest BCUT2D eigenvalue weighted by molar-refractivity contribution is 6.32. The van der Waals surface area contributed by atoms with E-state index in [-0.39, 0.29) is 30.5 Å². The Morgan fingerprint density at radius 3 is 2.36 bits per heavy atom. The number of hydrogen-bond acceptors (Lipinski definition) is 5. The van der Waals surface area contributed by atoms with Gasteiger partial charge in [0.1, 0.15) is 6.61 Å². The van der Waals surface area contributed by atoms with Crippen LogP contribution in [0.4, 0.5) is 10.5 Å². The average molecular weight is 465 g/mol. The fraction of sp³-hybridized carbons (Fsp3) is 0.160. The molecule has 0 radical (unpaired) electrons. The van der Waals surface area contributed by atoms with Crippen LogP contribution in [-0.4, -0.2) is 31.3 Å². The molecule has 0 atom stereocenters. The lowest BCUT2D eigenvalue weighted by molar-refractivity contribution is -0.385.